The molecule has 12 heavy (non-hydrogen) atoms. The highest BCUT2D eigenvalue weighted by molar-refractivity contribution is 4.96. The summed E-state index contributed by atoms with van der Waals surface area (Å²) in [4.78, 5) is 0. The molecule has 2 saturated carbocycles. The minimum Gasteiger partial charge on any atom is -0.393 e. The molecule has 0 amide bonds. The summed E-state index contributed by atoms with van der Waals surface area (Å²) >= 11 is 0. The summed E-state index contributed by atoms with van der Waals surface area (Å²) in [6.45, 7) is 0. The lowest BCUT2D eigenvalue weighted by molar-refractivity contribution is -0.124. The number of hydrogen-bond donors (Lipinski definition) is 2. The molecule has 0 heterocycles. The van der Waals surface area contributed by atoms with E-state index in [2.05, 4.69) is 0 Å². The number of hydrogen-bond acceptors (Lipinski definition) is 2. The normalized spacial score (nSPS) is 48.5. The zero-order valence-electron chi connectivity index (χ0n) is 7.50. The van der Waals surface area contributed by atoms with Crippen molar-refractivity contribution in [2.45, 2.75) is 56.7 Å². The molecular formula is C10H18O2. The van der Waals surface area contributed by atoms with E-state index < -0.39 is 5.60 Å². The maximum atomic E-state index is 10.2. The van der Waals surface area contributed by atoms with Gasteiger partial charge in [0, 0.05) is 5.92 Å². The second kappa shape index (κ2) is 3.00. The van der Waals surface area contributed by atoms with E-state index in [0.29, 0.717) is 0 Å². The summed E-state index contributed by atoms with van der Waals surface area (Å²) in [5.74, 6) is 0.181. The van der Waals surface area contributed by atoms with Gasteiger partial charge < -0.3 is 10.2 Å². The Morgan fingerprint density at radius 3 is 2.50 bits per heavy atom. The van der Waals surface area contributed by atoms with E-state index in [1.807, 2.05) is 0 Å². The van der Waals surface area contributed by atoms with Crippen LogP contribution in [0, 0.1) is 5.92 Å². The first-order valence-electron chi connectivity index (χ1n) is 5.13. The third-order valence-corrected chi connectivity index (χ3v) is 3.64. The monoisotopic (exact) mass is 170 g/mol. The van der Waals surface area contributed by atoms with Crippen LogP contribution in [0.4, 0.5) is 0 Å². The van der Waals surface area contributed by atoms with Crippen molar-refractivity contribution in [1.29, 1.82) is 0 Å². The van der Waals surface area contributed by atoms with Gasteiger partial charge in [0.05, 0.1) is 11.7 Å². The van der Waals surface area contributed by atoms with Gasteiger partial charge in [-0.15, -0.1) is 0 Å². The van der Waals surface area contributed by atoms with E-state index in [9.17, 15) is 10.2 Å². The van der Waals surface area contributed by atoms with Crippen molar-refractivity contribution in [3.63, 3.8) is 0 Å². The fraction of sp³-hybridized carbons (Fsp3) is 1.00. The third-order valence-electron chi connectivity index (χ3n) is 3.64. The molecule has 2 fully saturated rings. The van der Waals surface area contributed by atoms with Crippen molar-refractivity contribution >= 4 is 0 Å². The highest BCUT2D eigenvalue weighted by Crippen LogP contribution is 2.43. The van der Waals surface area contributed by atoms with Crippen LogP contribution < -0.4 is 0 Å². The van der Waals surface area contributed by atoms with Gasteiger partial charge in [0.15, 0.2) is 0 Å². The van der Waals surface area contributed by atoms with Crippen molar-refractivity contribution in [3.8, 4) is 0 Å². The van der Waals surface area contributed by atoms with Gasteiger partial charge in [-0.2, -0.15) is 0 Å². The molecule has 2 aliphatic rings. The lowest BCUT2D eigenvalue weighted by Gasteiger charge is -2.46. The molecular weight excluding hydrogens is 152 g/mol. The Kier molecular flexibility index (Phi) is 2.13. The van der Waals surface area contributed by atoms with Crippen LogP contribution >= 0.6 is 0 Å². The van der Waals surface area contributed by atoms with Gasteiger partial charge >= 0.3 is 0 Å². The maximum Gasteiger partial charge on any atom is 0.0700 e. The number of rotatable bonds is 0. The molecule has 2 rings (SSSR count). The molecule has 3 unspecified atom stereocenters. The van der Waals surface area contributed by atoms with Crippen LogP contribution in [0.15, 0.2) is 0 Å². The molecule has 0 aromatic rings. The molecule has 2 N–H and O–H groups in total. The van der Waals surface area contributed by atoms with Gasteiger partial charge in [-0.25, -0.2) is 0 Å². The van der Waals surface area contributed by atoms with Crippen LogP contribution in [-0.2, 0) is 0 Å². The Bertz CT molecular complexity index is 165. The van der Waals surface area contributed by atoms with E-state index >= 15 is 0 Å². The second-order valence-corrected chi connectivity index (χ2v) is 4.42. The molecule has 2 nitrogen and oxygen atoms in total. The summed E-state index contributed by atoms with van der Waals surface area (Å²) in [6, 6.07) is 0. The first-order chi connectivity index (χ1) is 5.72. The van der Waals surface area contributed by atoms with E-state index in [0.717, 1.165) is 38.5 Å². The number of aliphatic hydroxyl groups excluding tert-OH is 1. The van der Waals surface area contributed by atoms with Gasteiger partial charge in [0.1, 0.15) is 0 Å². The summed E-state index contributed by atoms with van der Waals surface area (Å²) in [5, 5.41) is 19.9. The molecule has 0 radical (unpaired) electrons. The molecule has 0 bridgehead atoms. The van der Waals surface area contributed by atoms with Crippen molar-refractivity contribution in [2.75, 3.05) is 0 Å². The van der Waals surface area contributed by atoms with Gasteiger partial charge in [-0.1, -0.05) is 12.8 Å². The standard InChI is InChI=1S/C10H18O2/c11-9-5-3-7-10(12)6-2-1-4-8(9)10/h8-9,11-12H,1-7H2. The Morgan fingerprint density at radius 2 is 1.75 bits per heavy atom. The largest absolute Gasteiger partial charge is 0.393 e. The Balaban J connectivity index is 2.12. The number of aliphatic hydroxyl groups is 2. The first kappa shape index (κ1) is 8.52. The molecule has 0 saturated heterocycles. The average Bonchev–Trinajstić information content (AvgIpc) is 2.04. The zero-order valence-corrected chi connectivity index (χ0v) is 7.50. The van der Waals surface area contributed by atoms with Crippen LogP contribution in [0.3, 0.4) is 0 Å². The van der Waals surface area contributed by atoms with Crippen LogP contribution in [0.25, 0.3) is 0 Å². The third kappa shape index (κ3) is 1.27. The minimum absolute atomic E-state index is 0.181. The Labute approximate surface area is 73.6 Å². The number of fused-ring (bicyclic) bond motifs is 1. The van der Waals surface area contributed by atoms with E-state index in [4.69, 9.17) is 0 Å². The molecule has 0 spiro atoms. The van der Waals surface area contributed by atoms with Crippen LogP contribution in [0.5, 0.6) is 0 Å². The van der Waals surface area contributed by atoms with Crippen molar-refractivity contribution < 1.29 is 10.2 Å². The highest BCUT2D eigenvalue weighted by atomic mass is 16.3. The van der Waals surface area contributed by atoms with E-state index in [1.54, 1.807) is 0 Å². The predicted octanol–water partition coefficient (Wildman–Crippen LogP) is 1.45. The summed E-state index contributed by atoms with van der Waals surface area (Å²) in [5.41, 5.74) is -0.504. The summed E-state index contributed by atoms with van der Waals surface area (Å²) in [6.07, 6.45) is 6.83. The molecule has 0 aromatic heterocycles. The van der Waals surface area contributed by atoms with Gasteiger partial charge in [0.2, 0.25) is 0 Å². The Morgan fingerprint density at radius 1 is 1.00 bits per heavy atom. The van der Waals surface area contributed by atoms with Crippen LogP contribution in [-0.4, -0.2) is 21.9 Å². The lowest BCUT2D eigenvalue weighted by Crippen LogP contribution is -2.49. The topological polar surface area (TPSA) is 40.5 Å². The average molecular weight is 170 g/mol. The quantitative estimate of drug-likeness (QED) is 0.577. The first-order valence-corrected chi connectivity index (χ1v) is 5.13. The maximum absolute atomic E-state index is 10.2. The Hall–Kier alpha value is -0.0800. The fourth-order valence-corrected chi connectivity index (χ4v) is 2.93. The molecule has 2 heteroatoms. The smallest absolute Gasteiger partial charge is 0.0700 e. The molecule has 70 valence electrons. The van der Waals surface area contributed by atoms with Crippen LogP contribution in [0.1, 0.15) is 44.9 Å². The lowest BCUT2D eigenvalue weighted by atomic mass is 9.66. The van der Waals surface area contributed by atoms with Crippen molar-refractivity contribution in [3.05, 3.63) is 0 Å². The predicted molar refractivity (Wildman–Crippen MR) is 46.8 cm³/mol. The van der Waals surface area contributed by atoms with Gasteiger partial charge in [0.25, 0.3) is 0 Å². The molecule has 0 aliphatic heterocycles. The van der Waals surface area contributed by atoms with Crippen molar-refractivity contribution in [1.82, 2.24) is 0 Å². The highest BCUT2D eigenvalue weighted by Gasteiger charge is 2.44. The van der Waals surface area contributed by atoms with Gasteiger partial charge in [-0.3, -0.25) is 0 Å². The van der Waals surface area contributed by atoms with E-state index in [-0.39, 0.29) is 12.0 Å². The molecule has 0 aromatic carbocycles. The van der Waals surface area contributed by atoms with E-state index in [1.165, 1.54) is 6.42 Å². The van der Waals surface area contributed by atoms with Crippen LogP contribution in [0.2, 0.25) is 0 Å². The van der Waals surface area contributed by atoms with Crippen molar-refractivity contribution in [2.24, 2.45) is 5.92 Å². The molecule has 2 aliphatic carbocycles. The van der Waals surface area contributed by atoms with Gasteiger partial charge in [-0.05, 0) is 32.1 Å². The minimum atomic E-state index is -0.504. The summed E-state index contributed by atoms with van der Waals surface area (Å²) < 4.78 is 0. The zero-order chi connectivity index (χ0) is 8.60. The second-order valence-electron chi connectivity index (χ2n) is 4.42. The SMILES string of the molecule is OC1CCCC2(O)CCCCC12. The summed E-state index contributed by atoms with van der Waals surface area (Å²) in [7, 11) is 0. The fourth-order valence-electron chi connectivity index (χ4n) is 2.93. The molecule has 3 atom stereocenters.